The number of para-hydroxylation sites is 2. The van der Waals surface area contributed by atoms with E-state index in [0.717, 1.165) is 11.4 Å². The van der Waals surface area contributed by atoms with Gasteiger partial charge in [-0.05, 0) is 46.7 Å². The Morgan fingerprint density at radius 1 is 0.812 bits per heavy atom. The molecule has 0 unspecified atom stereocenters. The van der Waals surface area contributed by atoms with Gasteiger partial charge in [0.25, 0.3) is 5.91 Å². The zero-order valence-corrected chi connectivity index (χ0v) is 17.7. The SMILES string of the molecule is COC(=O)c1cccc(C(=O)N2CN(Cc3cccc4ccccc34)c3ccccc32)c1. The van der Waals surface area contributed by atoms with E-state index in [9.17, 15) is 9.59 Å². The molecule has 4 aromatic carbocycles. The molecule has 32 heavy (non-hydrogen) atoms. The van der Waals surface area contributed by atoms with Crippen molar-refractivity contribution in [2.75, 3.05) is 23.6 Å². The van der Waals surface area contributed by atoms with Gasteiger partial charge in [0.05, 0.1) is 30.7 Å². The minimum absolute atomic E-state index is 0.149. The van der Waals surface area contributed by atoms with Crippen molar-refractivity contribution in [2.24, 2.45) is 0 Å². The number of nitrogens with zero attached hydrogens (tertiary/aromatic N) is 2. The zero-order valence-electron chi connectivity index (χ0n) is 17.7. The molecule has 4 aromatic rings. The van der Waals surface area contributed by atoms with Crippen molar-refractivity contribution in [3.63, 3.8) is 0 Å². The maximum Gasteiger partial charge on any atom is 0.337 e. The first kappa shape index (κ1) is 19.8. The molecule has 5 nitrogen and oxygen atoms in total. The Morgan fingerprint density at radius 3 is 2.34 bits per heavy atom. The summed E-state index contributed by atoms with van der Waals surface area (Å²) in [5.74, 6) is -0.609. The molecule has 1 amide bonds. The maximum atomic E-state index is 13.4. The first-order chi connectivity index (χ1) is 15.7. The largest absolute Gasteiger partial charge is 0.465 e. The van der Waals surface area contributed by atoms with Gasteiger partial charge in [0.1, 0.15) is 0 Å². The first-order valence-electron chi connectivity index (χ1n) is 10.5. The molecule has 0 saturated carbocycles. The summed E-state index contributed by atoms with van der Waals surface area (Å²) in [7, 11) is 1.33. The molecule has 5 rings (SSSR count). The van der Waals surface area contributed by atoms with Gasteiger partial charge in [-0.2, -0.15) is 0 Å². The fraction of sp³-hybridized carbons (Fsp3) is 0.111. The second-order valence-corrected chi connectivity index (χ2v) is 7.77. The number of anilines is 2. The van der Waals surface area contributed by atoms with Crippen molar-refractivity contribution in [3.8, 4) is 0 Å². The van der Waals surface area contributed by atoms with Gasteiger partial charge >= 0.3 is 5.97 Å². The molecule has 158 valence electrons. The highest BCUT2D eigenvalue weighted by atomic mass is 16.5. The van der Waals surface area contributed by atoms with Crippen LogP contribution in [0.2, 0.25) is 0 Å². The van der Waals surface area contributed by atoms with Gasteiger partial charge in [-0.15, -0.1) is 0 Å². The van der Waals surface area contributed by atoms with Crippen molar-refractivity contribution in [2.45, 2.75) is 6.54 Å². The molecule has 0 bridgehead atoms. The molecule has 0 atom stereocenters. The molecule has 1 aliphatic rings. The number of carbonyl (C=O) groups is 2. The summed E-state index contributed by atoms with van der Waals surface area (Å²) >= 11 is 0. The van der Waals surface area contributed by atoms with Gasteiger partial charge in [-0.3, -0.25) is 9.69 Å². The van der Waals surface area contributed by atoms with Crippen LogP contribution in [0.15, 0.2) is 91.0 Å². The van der Waals surface area contributed by atoms with E-state index >= 15 is 0 Å². The molecule has 0 fully saturated rings. The Morgan fingerprint density at radius 2 is 1.50 bits per heavy atom. The predicted octanol–water partition coefficient (Wildman–Crippen LogP) is 5.25. The molecule has 5 heteroatoms. The van der Waals surface area contributed by atoms with E-state index in [0.29, 0.717) is 24.3 Å². The lowest BCUT2D eigenvalue weighted by Crippen LogP contribution is -2.35. The summed E-state index contributed by atoms with van der Waals surface area (Å²) in [5, 5.41) is 2.41. The van der Waals surface area contributed by atoms with Crippen LogP contribution in [-0.4, -0.2) is 25.7 Å². The van der Waals surface area contributed by atoms with E-state index < -0.39 is 5.97 Å². The van der Waals surface area contributed by atoms with Crippen LogP contribution in [0.4, 0.5) is 11.4 Å². The minimum Gasteiger partial charge on any atom is -0.465 e. The number of fused-ring (bicyclic) bond motifs is 2. The third kappa shape index (κ3) is 3.48. The van der Waals surface area contributed by atoms with Crippen molar-refractivity contribution in [1.29, 1.82) is 0 Å². The monoisotopic (exact) mass is 422 g/mol. The number of carbonyl (C=O) groups excluding carboxylic acids is 2. The molecule has 1 heterocycles. The molecule has 0 saturated heterocycles. The number of rotatable bonds is 4. The van der Waals surface area contributed by atoms with Gasteiger partial charge in [-0.25, -0.2) is 4.79 Å². The van der Waals surface area contributed by atoms with Gasteiger partial charge in [0.15, 0.2) is 0 Å². The van der Waals surface area contributed by atoms with Crippen LogP contribution in [0.3, 0.4) is 0 Å². The summed E-state index contributed by atoms with van der Waals surface area (Å²) in [6.07, 6.45) is 0. The smallest absolute Gasteiger partial charge is 0.337 e. The van der Waals surface area contributed by atoms with Crippen LogP contribution in [0.5, 0.6) is 0 Å². The minimum atomic E-state index is -0.459. The summed E-state index contributed by atoms with van der Waals surface area (Å²) in [6.45, 7) is 1.12. The summed E-state index contributed by atoms with van der Waals surface area (Å²) < 4.78 is 4.80. The van der Waals surface area contributed by atoms with Crippen molar-refractivity contribution >= 4 is 34.0 Å². The first-order valence-corrected chi connectivity index (χ1v) is 10.5. The van der Waals surface area contributed by atoms with Crippen molar-refractivity contribution in [3.05, 3.63) is 108 Å². The van der Waals surface area contributed by atoms with E-state index in [4.69, 9.17) is 4.74 Å². The topological polar surface area (TPSA) is 49.9 Å². The lowest BCUT2D eigenvalue weighted by molar-refractivity contribution is 0.0600. The predicted molar refractivity (Wildman–Crippen MR) is 126 cm³/mol. The van der Waals surface area contributed by atoms with E-state index in [1.807, 2.05) is 36.4 Å². The number of esters is 1. The quantitative estimate of drug-likeness (QED) is 0.422. The maximum absolute atomic E-state index is 13.4. The van der Waals surface area contributed by atoms with Crippen molar-refractivity contribution < 1.29 is 14.3 Å². The molecule has 0 aromatic heterocycles. The second-order valence-electron chi connectivity index (χ2n) is 7.77. The Labute approximate surface area is 186 Å². The number of benzene rings is 4. The van der Waals surface area contributed by atoms with Crippen LogP contribution in [0.25, 0.3) is 10.8 Å². The zero-order chi connectivity index (χ0) is 22.1. The average molecular weight is 422 g/mol. The molecule has 0 N–H and O–H groups in total. The fourth-order valence-electron chi connectivity index (χ4n) is 4.28. The van der Waals surface area contributed by atoms with E-state index in [1.54, 1.807) is 29.2 Å². The number of hydrogen-bond acceptors (Lipinski definition) is 4. The van der Waals surface area contributed by atoms with Gasteiger partial charge < -0.3 is 9.64 Å². The van der Waals surface area contributed by atoms with Gasteiger partial charge in [0, 0.05) is 12.1 Å². The lowest BCUT2D eigenvalue weighted by Gasteiger charge is -2.21. The average Bonchev–Trinajstić information content (AvgIpc) is 3.22. The summed E-state index contributed by atoms with van der Waals surface area (Å²) in [6, 6.07) is 29.2. The van der Waals surface area contributed by atoms with Crippen LogP contribution in [0.1, 0.15) is 26.3 Å². The molecular weight excluding hydrogens is 400 g/mol. The Bertz CT molecular complexity index is 1330. The van der Waals surface area contributed by atoms with Crippen LogP contribution in [0, 0.1) is 0 Å². The van der Waals surface area contributed by atoms with Gasteiger partial charge in [-0.1, -0.05) is 60.7 Å². The number of amides is 1. The standard InChI is InChI=1S/C27H22N2O3/c1-32-27(31)21-11-7-10-20(16-21)26(30)29-18-28(24-14-4-5-15-25(24)29)17-22-12-6-9-19-8-2-3-13-23(19)22/h2-16H,17-18H2,1H3. The summed E-state index contributed by atoms with van der Waals surface area (Å²) in [4.78, 5) is 29.3. The molecule has 0 radical (unpaired) electrons. The molecular formula is C27H22N2O3. The third-order valence-electron chi connectivity index (χ3n) is 5.84. The number of hydrogen-bond donors (Lipinski definition) is 0. The van der Waals surface area contributed by atoms with E-state index in [1.165, 1.54) is 23.4 Å². The lowest BCUT2D eigenvalue weighted by atomic mass is 10.0. The van der Waals surface area contributed by atoms with Gasteiger partial charge in [0.2, 0.25) is 0 Å². The van der Waals surface area contributed by atoms with E-state index in [-0.39, 0.29) is 5.91 Å². The van der Waals surface area contributed by atoms with Crippen LogP contribution >= 0.6 is 0 Å². The highest BCUT2D eigenvalue weighted by Gasteiger charge is 2.31. The Balaban J connectivity index is 1.47. The Kier molecular flexibility index (Phi) is 5.07. The van der Waals surface area contributed by atoms with E-state index in [2.05, 4.69) is 35.2 Å². The highest BCUT2D eigenvalue weighted by Crippen LogP contribution is 2.38. The van der Waals surface area contributed by atoms with Crippen molar-refractivity contribution in [1.82, 2.24) is 0 Å². The fourth-order valence-corrected chi connectivity index (χ4v) is 4.28. The summed E-state index contributed by atoms with van der Waals surface area (Å²) in [5.41, 5.74) is 3.90. The number of ether oxygens (including phenoxy) is 1. The van der Waals surface area contributed by atoms with Crippen LogP contribution < -0.4 is 9.80 Å². The van der Waals surface area contributed by atoms with Crippen LogP contribution in [-0.2, 0) is 11.3 Å². The molecule has 0 spiro atoms. The molecule has 0 aliphatic carbocycles. The third-order valence-corrected chi connectivity index (χ3v) is 5.84. The second kappa shape index (κ2) is 8.19. The highest BCUT2D eigenvalue weighted by molar-refractivity contribution is 6.10. The normalized spacial score (nSPS) is 12.7. The molecule has 1 aliphatic heterocycles. The Hall–Kier alpha value is -4.12. The number of methoxy groups -OCH3 is 1.